The third kappa shape index (κ3) is 3.71. The Morgan fingerprint density at radius 2 is 1.75 bits per heavy atom. The van der Waals surface area contributed by atoms with E-state index in [0.717, 1.165) is 28.8 Å². The molecular weight excluding hydrogens is 316 g/mol. The zero-order valence-corrected chi connectivity index (χ0v) is 14.9. The van der Waals surface area contributed by atoms with Crippen molar-refractivity contribution >= 4 is 22.4 Å². The van der Waals surface area contributed by atoms with Gasteiger partial charge < -0.3 is 0 Å². The van der Waals surface area contributed by atoms with Crippen LogP contribution in [0, 0.1) is 13.8 Å². The summed E-state index contributed by atoms with van der Waals surface area (Å²) in [6.07, 6.45) is 1.02. The van der Waals surface area contributed by atoms with Gasteiger partial charge in [-0.05, 0) is 38.0 Å². The highest BCUT2D eigenvalue weighted by Gasteiger charge is 2.11. The van der Waals surface area contributed by atoms with Crippen LogP contribution >= 0.6 is 11.3 Å². The summed E-state index contributed by atoms with van der Waals surface area (Å²) in [5.41, 5.74) is 6.08. The summed E-state index contributed by atoms with van der Waals surface area (Å²) >= 11 is 1.44. The Kier molecular flexibility index (Phi) is 4.76. The molecule has 0 saturated carbocycles. The molecule has 4 heteroatoms. The fraction of sp³-hybridized carbons (Fsp3) is 0.200. The minimum atomic E-state index is -0.121. The summed E-state index contributed by atoms with van der Waals surface area (Å²) in [7, 11) is 0. The molecule has 1 amide bonds. The Morgan fingerprint density at radius 3 is 2.38 bits per heavy atom. The van der Waals surface area contributed by atoms with Crippen molar-refractivity contribution in [3.05, 3.63) is 70.1 Å². The lowest BCUT2D eigenvalue weighted by molar-refractivity contribution is 0.102. The van der Waals surface area contributed by atoms with Gasteiger partial charge in [0.1, 0.15) is 0 Å². The Bertz CT molecular complexity index is 845. The van der Waals surface area contributed by atoms with Crippen molar-refractivity contribution < 1.29 is 4.79 Å². The van der Waals surface area contributed by atoms with Crippen molar-refractivity contribution in [2.45, 2.75) is 27.2 Å². The van der Waals surface area contributed by atoms with Gasteiger partial charge >= 0.3 is 0 Å². The number of aryl methyl sites for hydroxylation is 3. The second kappa shape index (κ2) is 6.97. The van der Waals surface area contributed by atoms with E-state index < -0.39 is 0 Å². The topological polar surface area (TPSA) is 42.0 Å². The molecule has 1 heterocycles. The number of hydrogen-bond acceptors (Lipinski definition) is 3. The molecule has 24 heavy (non-hydrogen) atoms. The van der Waals surface area contributed by atoms with Gasteiger partial charge in [-0.3, -0.25) is 10.1 Å². The number of nitrogens with one attached hydrogen (secondary N) is 1. The van der Waals surface area contributed by atoms with Crippen LogP contribution in [0.2, 0.25) is 0 Å². The van der Waals surface area contributed by atoms with Crippen LogP contribution in [-0.4, -0.2) is 10.9 Å². The first-order valence-corrected chi connectivity index (χ1v) is 8.87. The van der Waals surface area contributed by atoms with Crippen molar-refractivity contribution in [2.24, 2.45) is 0 Å². The standard InChI is InChI=1S/C20H20N2OS/c1-4-15-5-7-16(8-6-15)18-12-24-20(21-18)22-19(23)17-10-13(2)9-14(3)11-17/h5-12H,4H2,1-3H3,(H,21,22,23). The van der Waals surface area contributed by atoms with Gasteiger partial charge in [0.25, 0.3) is 5.91 Å². The number of carbonyl (C=O) groups is 1. The van der Waals surface area contributed by atoms with Crippen LogP contribution in [0.25, 0.3) is 11.3 Å². The third-order valence-corrected chi connectivity index (χ3v) is 4.62. The van der Waals surface area contributed by atoms with Crippen molar-refractivity contribution in [1.29, 1.82) is 0 Å². The number of aromatic nitrogens is 1. The fourth-order valence-corrected chi connectivity index (χ4v) is 3.36. The molecule has 1 N–H and O–H groups in total. The largest absolute Gasteiger partial charge is 0.298 e. The van der Waals surface area contributed by atoms with E-state index >= 15 is 0 Å². The molecule has 0 fully saturated rings. The molecule has 0 atom stereocenters. The van der Waals surface area contributed by atoms with Crippen molar-refractivity contribution in [3.8, 4) is 11.3 Å². The second-order valence-electron chi connectivity index (χ2n) is 5.92. The van der Waals surface area contributed by atoms with Crippen LogP contribution in [0.4, 0.5) is 5.13 Å². The summed E-state index contributed by atoms with van der Waals surface area (Å²) in [5, 5.41) is 5.48. The molecule has 3 aromatic rings. The van der Waals surface area contributed by atoms with Crippen molar-refractivity contribution in [1.82, 2.24) is 4.98 Å². The third-order valence-electron chi connectivity index (χ3n) is 3.87. The average Bonchev–Trinajstić information content (AvgIpc) is 3.02. The summed E-state index contributed by atoms with van der Waals surface area (Å²) in [5.74, 6) is -0.121. The first-order valence-electron chi connectivity index (χ1n) is 7.99. The highest BCUT2D eigenvalue weighted by atomic mass is 32.1. The lowest BCUT2D eigenvalue weighted by Crippen LogP contribution is -2.12. The van der Waals surface area contributed by atoms with Gasteiger partial charge in [0.2, 0.25) is 0 Å². The lowest BCUT2D eigenvalue weighted by atomic mass is 10.1. The molecule has 2 aromatic carbocycles. The Labute approximate surface area is 146 Å². The van der Waals surface area contributed by atoms with Gasteiger partial charge in [-0.1, -0.05) is 48.4 Å². The highest BCUT2D eigenvalue weighted by molar-refractivity contribution is 7.14. The van der Waals surface area contributed by atoms with E-state index in [0.29, 0.717) is 10.7 Å². The Morgan fingerprint density at radius 1 is 1.08 bits per heavy atom. The molecule has 0 radical (unpaired) electrons. The summed E-state index contributed by atoms with van der Waals surface area (Å²) in [6.45, 7) is 6.12. The molecule has 0 aliphatic carbocycles. The monoisotopic (exact) mass is 336 g/mol. The Balaban J connectivity index is 1.76. The second-order valence-corrected chi connectivity index (χ2v) is 6.78. The van der Waals surface area contributed by atoms with Crippen LogP contribution in [0.3, 0.4) is 0 Å². The molecule has 0 bridgehead atoms. The van der Waals surface area contributed by atoms with E-state index in [1.54, 1.807) is 0 Å². The smallest absolute Gasteiger partial charge is 0.257 e. The normalized spacial score (nSPS) is 10.6. The lowest BCUT2D eigenvalue weighted by Gasteiger charge is -2.04. The van der Waals surface area contributed by atoms with Gasteiger partial charge in [0.05, 0.1) is 5.69 Å². The Hall–Kier alpha value is -2.46. The molecule has 0 unspecified atom stereocenters. The zero-order valence-electron chi connectivity index (χ0n) is 14.1. The minimum absolute atomic E-state index is 0.121. The molecule has 122 valence electrons. The molecule has 0 spiro atoms. The van der Waals surface area contributed by atoms with Gasteiger partial charge in [-0.15, -0.1) is 11.3 Å². The number of anilines is 1. The molecule has 3 rings (SSSR count). The van der Waals surface area contributed by atoms with E-state index in [-0.39, 0.29) is 5.91 Å². The maximum absolute atomic E-state index is 12.4. The van der Waals surface area contributed by atoms with Crippen LogP contribution in [0.15, 0.2) is 47.8 Å². The SMILES string of the molecule is CCc1ccc(-c2csc(NC(=O)c3cc(C)cc(C)c3)n2)cc1. The minimum Gasteiger partial charge on any atom is -0.298 e. The first kappa shape index (κ1) is 16.4. The zero-order chi connectivity index (χ0) is 17.1. The number of nitrogens with zero attached hydrogens (tertiary/aromatic N) is 1. The van der Waals surface area contributed by atoms with Gasteiger partial charge in [0, 0.05) is 16.5 Å². The molecule has 3 nitrogen and oxygen atoms in total. The van der Waals surface area contributed by atoms with E-state index in [1.165, 1.54) is 16.9 Å². The molecular formula is C20H20N2OS. The number of carbonyl (C=O) groups excluding carboxylic acids is 1. The molecule has 0 saturated heterocycles. The van der Waals surface area contributed by atoms with E-state index in [4.69, 9.17) is 0 Å². The average molecular weight is 336 g/mol. The number of hydrogen-bond donors (Lipinski definition) is 1. The van der Waals surface area contributed by atoms with E-state index in [2.05, 4.69) is 47.6 Å². The predicted octanol–water partition coefficient (Wildman–Crippen LogP) is 5.24. The maximum Gasteiger partial charge on any atom is 0.257 e. The van der Waals surface area contributed by atoms with Crippen LogP contribution in [0.5, 0.6) is 0 Å². The predicted molar refractivity (Wildman–Crippen MR) is 101 cm³/mol. The van der Waals surface area contributed by atoms with Gasteiger partial charge in [-0.25, -0.2) is 4.98 Å². The highest BCUT2D eigenvalue weighted by Crippen LogP contribution is 2.25. The molecule has 1 aromatic heterocycles. The van der Waals surface area contributed by atoms with Crippen molar-refractivity contribution in [2.75, 3.05) is 5.32 Å². The van der Waals surface area contributed by atoms with Crippen LogP contribution < -0.4 is 5.32 Å². The summed E-state index contributed by atoms with van der Waals surface area (Å²) in [4.78, 5) is 16.9. The van der Waals surface area contributed by atoms with E-state index in [1.807, 2.05) is 31.4 Å². The van der Waals surface area contributed by atoms with Gasteiger partial charge in [-0.2, -0.15) is 0 Å². The number of amides is 1. The van der Waals surface area contributed by atoms with Crippen LogP contribution in [-0.2, 0) is 6.42 Å². The van der Waals surface area contributed by atoms with E-state index in [9.17, 15) is 4.79 Å². The first-order chi connectivity index (χ1) is 11.5. The van der Waals surface area contributed by atoms with Crippen LogP contribution in [0.1, 0.15) is 34.0 Å². The molecule has 0 aliphatic heterocycles. The quantitative estimate of drug-likeness (QED) is 0.708. The molecule has 0 aliphatic rings. The number of thiazole rings is 1. The summed E-state index contributed by atoms with van der Waals surface area (Å²) in [6, 6.07) is 14.2. The maximum atomic E-state index is 12.4. The van der Waals surface area contributed by atoms with Gasteiger partial charge in [0.15, 0.2) is 5.13 Å². The fourth-order valence-electron chi connectivity index (χ4n) is 2.65. The number of benzene rings is 2. The summed E-state index contributed by atoms with van der Waals surface area (Å²) < 4.78 is 0. The van der Waals surface area contributed by atoms with Crippen molar-refractivity contribution in [3.63, 3.8) is 0 Å². The number of rotatable bonds is 4.